The van der Waals surface area contributed by atoms with Crippen molar-refractivity contribution in [1.29, 1.82) is 0 Å². The molecule has 0 fully saturated rings. The molecule has 0 saturated heterocycles. The number of amides is 1. The van der Waals surface area contributed by atoms with Crippen LogP contribution in [0.2, 0.25) is 0 Å². The number of nitrogens with one attached hydrogen (secondary N) is 1. The van der Waals surface area contributed by atoms with Gasteiger partial charge in [-0.25, -0.2) is 0 Å². The van der Waals surface area contributed by atoms with Crippen molar-refractivity contribution in [3.8, 4) is 11.4 Å². The van der Waals surface area contributed by atoms with Gasteiger partial charge in [-0.1, -0.05) is 36.9 Å². The molecule has 1 amide bonds. The molecule has 0 saturated carbocycles. The topological polar surface area (TPSA) is 98.5 Å². The van der Waals surface area contributed by atoms with E-state index in [4.69, 9.17) is 0 Å². The van der Waals surface area contributed by atoms with Gasteiger partial charge in [-0.05, 0) is 31.9 Å². The van der Waals surface area contributed by atoms with Gasteiger partial charge in [0.1, 0.15) is 5.01 Å². The molecule has 0 aliphatic rings. The molecule has 3 aromatic rings. The number of rotatable bonds is 8. The average Bonchev–Trinajstić information content (AvgIpc) is 3.32. The molecule has 3 rings (SSSR count). The largest absolute Gasteiger partial charge is 0.302 e. The summed E-state index contributed by atoms with van der Waals surface area (Å²) in [6.07, 6.45) is 4.92. The van der Waals surface area contributed by atoms with Gasteiger partial charge in [0.25, 0.3) is 0 Å². The van der Waals surface area contributed by atoms with Gasteiger partial charge in [-0.2, -0.15) is 0 Å². The van der Waals surface area contributed by atoms with Crippen LogP contribution in [0.25, 0.3) is 11.4 Å². The summed E-state index contributed by atoms with van der Waals surface area (Å²) in [5.41, 5.74) is 0.949. The van der Waals surface area contributed by atoms with Crippen LogP contribution in [0.15, 0.2) is 29.7 Å². The lowest BCUT2D eigenvalue weighted by molar-refractivity contribution is -0.115. The van der Waals surface area contributed by atoms with Crippen LogP contribution >= 0.6 is 23.1 Å². The van der Waals surface area contributed by atoms with E-state index in [1.165, 1.54) is 23.1 Å². The number of hydrogen-bond acceptors (Lipinski definition) is 8. The zero-order chi connectivity index (χ0) is 19.2. The predicted molar refractivity (Wildman–Crippen MR) is 107 cm³/mol. The lowest BCUT2D eigenvalue weighted by Gasteiger charge is -2.13. The summed E-state index contributed by atoms with van der Waals surface area (Å²) in [5.74, 6) is 0.673. The minimum atomic E-state index is -0.293. The van der Waals surface area contributed by atoms with E-state index in [0.717, 1.165) is 28.0 Å². The lowest BCUT2D eigenvalue weighted by atomic mass is 10.2. The molecule has 3 aromatic heterocycles. The average molecular weight is 404 g/mol. The molecular weight excluding hydrogens is 382 g/mol. The lowest BCUT2D eigenvalue weighted by Crippen LogP contribution is -2.25. The highest BCUT2D eigenvalue weighted by Gasteiger charge is 2.23. The van der Waals surface area contributed by atoms with Gasteiger partial charge >= 0.3 is 0 Å². The number of anilines is 1. The molecule has 0 bridgehead atoms. The Balaban J connectivity index is 1.76. The summed E-state index contributed by atoms with van der Waals surface area (Å²) in [7, 11) is 0. The number of carbonyl (C=O) groups excluding carboxylic acids is 1. The summed E-state index contributed by atoms with van der Waals surface area (Å²) in [5, 5.41) is 21.4. The van der Waals surface area contributed by atoms with Crippen molar-refractivity contribution in [2.45, 2.75) is 50.6 Å². The van der Waals surface area contributed by atoms with Crippen LogP contribution in [0.5, 0.6) is 0 Å². The van der Waals surface area contributed by atoms with Crippen LogP contribution in [0.1, 0.15) is 32.2 Å². The van der Waals surface area contributed by atoms with E-state index in [1.54, 1.807) is 12.4 Å². The molecule has 0 spiro atoms. The molecular formula is C17H21N7OS2. The molecule has 0 unspecified atom stereocenters. The fourth-order valence-corrected chi connectivity index (χ4v) is 4.16. The van der Waals surface area contributed by atoms with E-state index in [2.05, 4.69) is 30.7 Å². The standard InChI is InChI=1S/C17H21N7OS2/c1-4-12(15(25)19-16-22-20-13(5-2)27-16)26-17-23-21-14(24(17)6-3)11-7-9-18-10-8-11/h7-10,12H,4-6H2,1-3H3,(H,19,22,25)/t12-/m1/s1. The van der Waals surface area contributed by atoms with Crippen molar-refractivity contribution < 1.29 is 4.79 Å². The summed E-state index contributed by atoms with van der Waals surface area (Å²) >= 11 is 2.82. The molecule has 0 aromatic carbocycles. The quantitative estimate of drug-likeness (QED) is 0.576. The normalized spacial score (nSPS) is 12.1. The summed E-state index contributed by atoms with van der Waals surface area (Å²) < 4.78 is 2.01. The molecule has 0 aliphatic carbocycles. The fraction of sp³-hybridized carbons (Fsp3) is 0.412. The van der Waals surface area contributed by atoms with Crippen molar-refractivity contribution in [3.05, 3.63) is 29.5 Å². The first-order chi connectivity index (χ1) is 13.2. The van der Waals surface area contributed by atoms with Crippen molar-refractivity contribution in [2.24, 2.45) is 0 Å². The van der Waals surface area contributed by atoms with Crippen LogP contribution in [-0.2, 0) is 17.8 Å². The first-order valence-corrected chi connectivity index (χ1v) is 10.5. The fourth-order valence-electron chi connectivity index (χ4n) is 2.46. The van der Waals surface area contributed by atoms with Crippen LogP contribution in [-0.4, -0.2) is 41.1 Å². The molecule has 10 heteroatoms. The zero-order valence-corrected chi connectivity index (χ0v) is 17.0. The van der Waals surface area contributed by atoms with Crippen molar-refractivity contribution >= 4 is 34.1 Å². The Bertz CT molecular complexity index is 894. The van der Waals surface area contributed by atoms with Crippen molar-refractivity contribution in [2.75, 3.05) is 5.32 Å². The maximum atomic E-state index is 12.7. The van der Waals surface area contributed by atoms with Gasteiger partial charge in [0.05, 0.1) is 5.25 Å². The number of carbonyl (C=O) groups is 1. The van der Waals surface area contributed by atoms with Gasteiger partial charge in [-0.3, -0.25) is 15.1 Å². The molecule has 8 nitrogen and oxygen atoms in total. The second kappa shape index (κ2) is 9.05. The Morgan fingerprint density at radius 1 is 1.19 bits per heavy atom. The summed E-state index contributed by atoms with van der Waals surface area (Å²) in [6, 6.07) is 3.80. The number of aromatic nitrogens is 6. The highest BCUT2D eigenvalue weighted by molar-refractivity contribution is 8.00. The highest BCUT2D eigenvalue weighted by Crippen LogP contribution is 2.29. The monoisotopic (exact) mass is 403 g/mol. The van der Waals surface area contributed by atoms with Crippen molar-refractivity contribution in [3.63, 3.8) is 0 Å². The van der Waals surface area contributed by atoms with E-state index in [1.807, 2.05) is 37.5 Å². The maximum Gasteiger partial charge on any atom is 0.239 e. The second-order valence-electron chi connectivity index (χ2n) is 5.64. The minimum Gasteiger partial charge on any atom is -0.302 e. The Morgan fingerprint density at radius 2 is 1.96 bits per heavy atom. The highest BCUT2D eigenvalue weighted by atomic mass is 32.2. The van der Waals surface area contributed by atoms with Crippen LogP contribution in [0.3, 0.4) is 0 Å². The van der Waals surface area contributed by atoms with Crippen LogP contribution in [0.4, 0.5) is 5.13 Å². The smallest absolute Gasteiger partial charge is 0.239 e. The molecule has 27 heavy (non-hydrogen) atoms. The molecule has 142 valence electrons. The number of aryl methyl sites for hydroxylation is 1. The molecule has 0 aliphatic heterocycles. The van der Waals surface area contributed by atoms with Gasteiger partial charge < -0.3 is 4.57 Å². The zero-order valence-electron chi connectivity index (χ0n) is 15.4. The number of thioether (sulfide) groups is 1. The van der Waals surface area contributed by atoms with E-state index >= 15 is 0 Å². The Labute approximate surface area is 165 Å². The third-order valence-electron chi connectivity index (χ3n) is 3.88. The van der Waals surface area contributed by atoms with Crippen LogP contribution < -0.4 is 5.32 Å². The number of nitrogens with zero attached hydrogens (tertiary/aromatic N) is 6. The molecule has 0 radical (unpaired) electrons. The number of hydrogen-bond donors (Lipinski definition) is 1. The van der Waals surface area contributed by atoms with Gasteiger partial charge in [0.2, 0.25) is 11.0 Å². The van der Waals surface area contributed by atoms with E-state index in [0.29, 0.717) is 18.1 Å². The summed E-state index contributed by atoms with van der Waals surface area (Å²) in [4.78, 5) is 16.7. The Hall–Kier alpha value is -2.33. The van der Waals surface area contributed by atoms with Crippen LogP contribution in [0, 0.1) is 0 Å². The predicted octanol–water partition coefficient (Wildman–Crippen LogP) is 3.28. The second-order valence-corrected chi connectivity index (χ2v) is 7.88. The van der Waals surface area contributed by atoms with E-state index in [9.17, 15) is 4.79 Å². The summed E-state index contributed by atoms with van der Waals surface area (Å²) in [6.45, 7) is 6.73. The van der Waals surface area contributed by atoms with Gasteiger partial charge in [-0.15, -0.1) is 20.4 Å². The molecule has 1 atom stereocenters. The van der Waals surface area contributed by atoms with Gasteiger partial charge in [0.15, 0.2) is 11.0 Å². The van der Waals surface area contributed by atoms with Crippen molar-refractivity contribution in [1.82, 2.24) is 29.9 Å². The number of pyridine rings is 1. The van der Waals surface area contributed by atoms with Gasteiger partial charge in [0, 0.05) is 24.5 Å². The molecule has 1 N–H and O–H groups in total. The van der Waals surface area contributed by atoms with E-state index < -0.39 is 0 Å². The SMILES string of the molecule is CCc1nnc(NC(=O)[C@@H](CC)Sc2nnc(-c3ccncc3)n2CC)s1. The third kappa shape index (κ3) is 4.51. The first-order valence-electron chi connectivity index (χ1n) is 8.79. The molecule has 3 heterocycles. The third-order valence-corrected chi connectivity index (χ3v) is 6.21. The first kappa shape index (κ1) is 19.4. The Kier molecular flexibility index (Phi) is 6.51. The van der Waals surface area contributed by atoms with E-state index in [-0.39, 0.29) is 11.2 Å². The Morgan fingerprint density at radius 3 is 2.59 bits per heavy atom. The maximum absolute atomic E-state index is 12.7. The minimum absolute atomic E-state index is 0.0996.